The van der Waals surface area contributed by atoms with Gasteiger partial charge in [-0.05, 0) is 83.2 Å². The SMILES string of the molecule is Cc1cc(Nc2ncnc3sc4c(c23)CC[C@H](C(=O)N2CC(N(C)C)C2)C4)c(=O)n2c1C(O)NC21CCCCC1. The largest absolute Gasteiger partial charge is 0.373 e. The van der Waals surface area contributed by atoms with Crippen LogP contribution in [0.4, 0.5) is 11.5 Å². The molecule has 10 nitrogen and oxygen atoms in total. The highest BCUT2D eigenvalue weighted by atomic mass is 32.1. The molecule has 3 aromatic rings. The molecule has 0 radical (unpaired) electrons. The summed E-state index contributed by atoms with van der Waals surface area (Å²) in [6.07, 6.45) is 7.85. The summed E-state index contributed by atoms with van der Waals surface area (Å²) in [4.78, 5) is 42.6. The molecule has 1 unspecified atom stereocenters. The molecule has 212 valence electrons. The smallest absolute Gasteiger partial charge is 0.276 e. The number of anilines is 2. The zero-order valence-electron chi connectivity index (χ0n) is 23.4. The second kappa shape index (κ2) is 9.61. The quantitative estimate of drug-likeness (QED) is 0.444. The van der Waals surface area contributed by atoms with E-state index in [9.17, 15) is 14.7 Å². The summed E-state index contributed by atoms with van der Waals surface area (Å²) in [7, 11) is 4.13. The third-order valence-electron chi connectivity index (χ3n) is 9.56. The molecule has 0 aromatic carbocycles. The fourth-order valence-corrected chi connectivity index (χ4v) is 8.53. The molecule has 0 bridgehead atoms. The van der Waals surface area contributed by atoms with E-state index >= 15 is 0 Å². The lowest BCUT2D eigenvalue weighted by Crippen LogP contribution is -2.60. The van der Waals surface area contributed by atoms with E-state index in [1.54, 1.807) is 17.7 Å². The molecule has 2 aliphatic carbocycles. The Labute approximate surface area is 237 Å². The molecule has 1 amide bonds. The number of hydrogen-bond acceptors (Lipinski definition) is 9. The Morgan fingerprint density at radius 2 is 2.00 bits per heavy atom. The number of fused-ring (bicyclic) bond motifs is 5. The summed E-state index contributed by atoms with van der Waals surface area (Å²) in [5.74, 6) is 0.896. The van der Waals surface area contributed by atoms with E-state index in [-0.39, 0.29) is 17.4 Å². The Bertz CT molecular complexity index is 1550. The van der Waals surface area contributed by atoms with Crippen LogP contribution < -0.4 is 16.2 Å². The third-order valence-corrected chi connectivity index (χ3v) is 10.7. The maximum atomic E-state index is 13.9. The molecule has 1 saturated heterocycles. The number of aliphatic hydroxyl groups is 1. The number of likely N-dealkylation sites (N-methyl/N-ethyl adjacent to an activating group) is 1. The molecular weight excluding hydrogens is 526 g/mol. The second-order valence-corrected chi connectivity index (χ2v) is 13.3. The highest BCUT2D eigenvalue weighted by Crippen LogP contribution is 2.43. The lowest BCUT2D eigenvalue weighted by atomic mass is 9.86. The van der Waals surface area contributed by atoms with E-state index in [1.165, 1.54) is 10.4 Å². The van der Waals surface area contributed by atoms with Crippen molar-refractivity contribution in [1.29, 1.82) is 0 Å². The number of nitrogens with one attached hydrogen (secondary N) is 2. The van der Waals surface area contributed by atoms with Gasteiger partial charge in [-0.1, -0.05) is 6.42 Å². The van der Waals surface area contributed by atoms with Crippen LogP contribution in [0.5, 0.6) is 0 Å². The molecule has 3 N–H and O–H groups in total. The topological polar surface area (TPSA) is 116 Å². The molecule has 3 aromatic heterocycles. The number of hydrogen-bond donors (Lipinski definition) is 3. The van der Waals surface area contributed by atoms with Crippen molar-refractivity contribution >= 4 is 39.0 Å². The highest BCUT2D eigenvalue weighted by molar-refractivity contribution is 7.19. The first-order valence-electron chi connectivity index (χ1n) is 14.5. The van der Waals surface area contributed by atoms with Gasteiger partial charge in [-0.15, -0.1) is 11.3 Å². The molecule has 2 atom stereocenters. The zero-order chi connectivity index (χ0) is 27.8. The van der Waals surface area contributed by atoms with Crippen molar-refractivity contribution in [2.24, 2.45) is 5.92 Å². The van der Waals surface area contributed by atoms with Gasteiger partial charge in [-0.3, -0.25) is 19.5 Å². The summed E-state index contributed by atoms with van der Waals surface area (Å²) in [5, 5.41) is 18.5. The fraction of sp³-hybridized carbons (Fsp3) is 0.586. The van der Waals surface area contributed by atoms with Crippen molar-refractivity contribution in [1.82, 2.24) is 29.7 Å². The minimum atomic E-state index is -0.852. The van der Waals surface area contributed by atoms with Crippen LogP contribution in [0.3, 0.4) is 0 Å². The Balaban J connectivity index is 1.20. The van der Waals surface area contributed by atoms with Gasteiger partial charge in [0.2, 0.25) is 5.91 Å². The van der Waals surface area contributed by atoms with Crippen LogP contribution in [-0.2, 0) is 23.3 Å². The molecular formula is C29H37N7O3S. The van der Waals surface area contributed by atoms with Crippen LogP contribution in [0.1, 0.15) is 66.5 Å². The average Bonchev–Trinajstić information content (AvgIpc) is 3.41. The number of aromatic nitrogens is 3. The van der Waals surface area contributed by atoms with Crippen LogP contribution >= 0.6 is 11.3 Å². The number of rotatable bonds is 4. The number of aliphatic hydroxyl groups excluding tert-OH is 1. The summed E-state index contributed by atoms with van der Waals surface area (Å²) in [5.41, 5.74) is 2.50. The van der Waals surface area contributed by atoms with Gasteiger partial charge >= 0.3 is 0 Å². The second-order valence-electron chi connectivity index (χ2n) is 12.2. The van der Waals surface area contributed by atoms with Crippen molar-refractivity contribution in [2.45, 2.75) is 76.2 Å². The third kappa shape index (κ3) is 4.00. The number of nitrogens with zero attached hydrogens (tertiary/aromatic N) is 5. The number of pyridine rings is 1. The first-order chi connectivity index (χ1) is 19.3. The Morgan fingerprint density at radius 1 is 1.23 bits per heavy atom. The summed E-state index contributed by atoms with van der Waals surface area (Å²) in [6, 6.07) is 2.28. The molecule has 5 heterocycles. The van der Waals surface area contributed by atoms with Crippen LogP contribution in [0.25, 0.3) is 10.2 Å². The predicted octanol–water partition coefficient (Wildman–Crippen LogP) is 2.99. The minimum absolute atomic E-state index is 0.00246. The van der Waals surface area contributed by atoms with Crippen molar-refractivity contribution in [3.63, 3.8) is 0 Å². The van der Waals surface area contributed by atoms with Gasteiger partial charge in [0.25, 0.3) is 5.56 Å². The number of carbonyl (C=O) groups is 1. The lowest BCUT2D eigenvalue weighted by Gasteiger charge is -2.44. The van der Waals surface area contributed by atoms with E-state index in [0.29, 0.717) is 23.2 Å². The molecule has 7 rings (SSSR count). The average molecular weight is 564 g/mol. The molecule has 2 fully saturated rings. The molecule has 4 aliphatic rings. The summed E-state index contributed by atoms with van der Waals surface area (Å²) >= 11 is 1.64. The van der Waals surface area contributed by atoms with E-state index in [0.717, 1.165) is 80.2 Å². The maximum absolute atomic E-state index is 13.9. The Kier molecular flexibility index (Phi) is 6.26. The first-order valence-corrected chi connectivity index (χ1v) is 15.3. The number of amides is 1. The Morgan fingerprint density at radius 3 is 2.75 bits per heavy atom. The van der Waals surface area contributed by atoms with Gasteiger partial charge in [-0.25, -0.2) is 9.97 Å². The zero-order valence-corrected chi connectivity index (χ0v) is 24.2. The van der Waals surface area contributed by atoms with Gasteiger partial charge in [0.15, 0.2) is 0 Å². The summed E-state index contributed by atoms with van der Waals surface area (Å²) < 4.78 is 1.81. The van der Waals surface area contributed by atoms with Crippen molar-refractivity contribution < 1.29 is 9.90 Å². The molecule has 40 heavy (non-hydrogen) atoms. The number of likely N-dealkylation sites (tertiary alicyclic amines) is 1. The summed E-state index contributed by atoms with van der Waals surface area (Å²) in [6.45, 7) is 3.57. The minimum Gasteiger partial charge on any atom is -0.373 e. The van der Waals surface area contributed by atoms with Crippen LogP contribution in [0, 0.1) is 12.8 Å². The molecule has 1 saturated carbocycles. The van der Waals surface area contributed by atoms with Gasteiger partial charge in [0.05, 0.1) is 11.1 Å². The van der Waals surface area contributed by atoms with E-state index in [4.69, 9.17) is 0 Å². The number of aryl methyl sites for hydroxylation is 2. The van der Waals surface area contributed by atoms with Crippen LogP contribution in [0.15, 0.2) is 17.2 Å². The van der Waals surface area contributed by atoms with Crippen LogP contribution in [0.2, 0.25) is 0 Å². The molecule has 2 aliphatic heterocycles. The lowest BCUT2D eigenvalue weighted by molar-refractivity contribution is -0.142. The normalized spacial score (nSPS) is 23.9. The fourth-order valence-electron chi connectivity index (χ4n) is 7.27. The van der Waals surface area contributed by atoms with Crippen LogP contribution in [-0.4, -0.2) is 68.6 Å². The van der Waals surface area contributed by atoms with Gasteiger partial charge in [-0.2, -0.15) is 0 Å². The standard InChI is InChI=1S/C29H37N7O3S/c1-16-11-20(28(39)36-23(16)25(37)33-29(36)9-5-4-6-10-29)32-24-22-19-8-7-17(12-21(19)40-26(22)31-15-30-24)27(38)35-13-18(14-35)34(2)3/h11,15,17-18,25,33,37H,4-10,12-14H2,1-3H3,(H,30,31,32)/t17-,25?/m0/s1. The maximum Gasteiger partial charge on any atom is 0.276 e. The first kappa shape index (κ1) is 26.1. The van der Waals surface area contributed by atoms with Gasteiger partial charge in [0.1, 0.15) is 34.6 Å². The van der Waals surface area contributed by atoms with E-state index < -0.39 is 11.9 Å². The predicted molar refractivity (Wildman–Crippen MR) is 155 cm³/mol. The van der Waals surface area contributed by atoms with Gasteiger partial charge in [0, 0.05) is 29.9 Å². The van der Waals surface area contributed by atoms with Gasteiger partial charge < -0.3 is 20.2 Å². The van der Waals surface area contributed by atoms with Crippen molar-refractivity contribution in [3.8, 4) is 0 Å². The van der Waals surface area contributed by atoms with Crippen molar-refractivity contribution in [3.05, 3.63) is 44.4 Å². The monoisotopic (exact) mass is 563 g/mol. The molecule has 1 spiro atoms. The van der Waals surface area contributed by atoms with E-state index in [1.807, 2.05) is 22.5 Å². The number of carbonyl (C=O) groups excluding carboxylic acids is 1. The van der Waals surface area contributed by atoms with E-state index in [2.05, 4.69) is 39.6 Å². The highest BCUT2D eigenvalue weighted by Gasteiger charge is 2.45. The Hall–Kier alpha value is -2.86. The number of thiophene rings is 1. The van der Waals surface area contributed by atoms with Crippen molar-refractivity contribution in [2.75, 3.05) is 32.5 Å². The molecule has 11 heteroatoms.